The average molecular weight is 360 g/mol. The third kappa shape index (κ3) is 3.97. The highest BCUT2D eigenvalue weighted by molar-refractivity contribution is 6.41. The molecule has 2 aromatic rings. The number of nitrogens with zero attached hydrogens (tertiary/aromatic N) is 1. The summed E-state index contributed by atoms with van der Waals surface area (Å²) >= 11 is 18.0. The molecule has 0 saturated heterocycles. The maximum atomic E-state index is 6.07. The SMILES string of the molecule is COc1ccc(/C=N\Nc2c(Cl)cc(Cl)cc2Cl)c(OC)c1. The second kappa shape index (κ2) is 7.58. The molecule has 22 heavy (non-hydrogen) atoms. The van der Waals surface area contributed by atoms with Crippen LogP contribution >= 0.6 is 34.8 Å². The number of nitrogens with one attached hydrogen (secondary N) is 1. The van der Waals surface area contributed by atoms with E-state index in [2.05, 4.69) is 10.5 Å². The first kappa shape index (κ1) is 16.7. The Morgan fingerprint density at radius 1 is 1.00 bits per heavy atom. The number of hydrogen-bond acceptors (Lipinski definition) is 4. The van der Waals surface area contributed by atoms with E-state index in [0.29, 0.717) is 32.3 Å². The van der Waals surface area contributed by atoms with Gasteiger partial charge in [-0.2, -0.15) is 5.10 Å². The van der Waals surface area contributed by atoms with E-state index in [1.54, 1.807) is 38.6 Å². The average Bonchev–Trinajstić information content (AvgIpc) is 2.49. The van der Waals surface area contributed by atoms with Crippen molar-refractivity contribution in [2.24, 2.45) is 5.10 Å². The lowest BCUT2D eigenvalue weighted by atomic mass is 10.2. The maximum absolute atomic E-state index is 6.07. The van der Waals surface area contributed by atoms with Gasteiger partial charge < -0.3 is 9.47 Å². The summed E-state index contributed by atoms with van der Waals surface area (Å²) in [5, 5.41) is 5.35. The fourth-order valence-electron chi connectivity index (χ4n) is 1.74. The first-order chi connectivity index (χ1) is 10.5. The van der Waals surface area contributed by atoms with Crippen molar-refractivity contribution >= 4 is 46.7 Å². The van der Waals surface area contributed by atoms with Gasteiger partial charge in [0, 0.05) is 16.7 Å². The number of benzene rings is 2. The monoisotopic (exact) mass is 358 g/mol. The summed E-state index contributed by atoms with van der Waals surface area (Å²) in [6.45, 7) is 0. The fraction of sp³-hybridized carbons (Fsp3) is 0.133. The molecule has 0 aliphatic rings. The summed E-state index contributed by atoms with van der Waals surface area (Å²) in [4.78, 5) is 0. The minimum absolute atomic E-state index is 0.386. The molecule has 0 aromatic heterocycles. The van der Waals surface area contributed by atoms with E-state index in [4.69, 9.17) is 44.3 Å². The molecule has 0 heterocycles. The van der Waals surface area contributed by atoms with Crippen molar-refractivity contribution in [3.8, 4) is 11.5 Å². The van der Waals surface area contributed by atoms with E-state index in [1.165, 1.54) is 0 Å². The lowest BCUT2D eigenvalue weighted by Crippen LogP contribution is -1.96. The van der Waals surface area contributed by atoms with Gasteiger partial charge in [-0.1, -0.05) is 34.8 Å². The van der Waals surface area contributed by atoms with Crippen molar-refractivity contribution < 1.29 is 9.47 Å². The number of hydrogen-bond donors (Lipinski definition) is 1. The Bertz CT molecular complexity index is 682. The number of halogens is 3. The van der Waals surface area contributed by atoms with Crippen molar-refractivity contribution in [3.63, 3.8) is 0 Å². The van der Waals surface area contributed by atoms with Crippen LogP contribution < -0.4 is 14.9 Å². The van der Waals surface area contributed by atoms with Crippen LogP contribution in [-0.4, -0.2) is 20.4 Å². The molecule has 2 rings (SSSR count). The zero-order valence-corrected chi connectivity index (χ0v) is 14.1. The highest BCUT2D eigenvalue weighted by atomic mass is 35.5. The predicted octanol–water partition coefficient (Wildman–Crippen LogP) is 5.11. The van der Waals surface area contributed by atoms with Crippen LogP contribution in [0.1, 0.15) is 5.56 Å². The van der Waals surface area contributed by atoms with E-state index in [-0.39, 0.29) is 0 Å². The van der Waals surface area contributed by atoms with Crippen LogP contribution in [0.15, 0.2) is 35.4 Å². The van der Waals surface area contributed by atoms with Gasteiger partial charge in [0.25, 0.3) is 0 Å². The minimum Gasteiger partial charge on any atom is -0.497 e. The number of anilines is 1. The number of ether oxygens (including phenoxy) is 2. The minimum atomic E-state index is 0.386. The number of rotatable bonds is 5. The third-order valence-electron chi connectivity index (χ3n) is 2.83. The van der Waals surface area contributed by atoms with Crippen LogP contribution in [0.4, 0.5) is 5.69 Å². The quantitative estimate of drug-likeness (QED) is 0.596. The lowest BCUT2D eigenvalue weighted by molar-refractivity contribution is 0.394. The summed E-state index contributed by atoms with van der Waals surface area (Å²) in [6.07, 6.45) is 1.60. The highest BCUT2D eigenvalue weighted by Crippen LogP contribution is 2.33. The zero-order valence-electron chi connectivity index (χ0n) is 11.9. The Morgan fingerprint density at radius 2 is 1.68 bits per heavy atom. The molecule has 0 saturated carbocycles. The Kier molecular flexibility index (Phi) is 5.77. The molecule has 0 atom stereocenters. The molecule has 0 radical (unpaired) electrons. The van der Waals surface area contributed by atoms with E-state index < -0.39 is 0 Å². The van der Waals surface area contributed by atoms with Crippen molar-refractivity contribution in [1.29, 1.82) is 0 Å². The van der Waals surface area contributed by atoms with Gasteiger partial charge in [-0.3, -0.25) is 5.43 Å². The summed E-state index contributed by atoms with van der Waals surface area (Å²) in [5.74, 6) is 1.34. The molecule has 0 aliphatic heterocycles. The molecular formula is C15H13Cl3N2O2. The van der Waals surface area contributed by atoms with Gasteiger partial charge in [-0.15, -0.1) is 0 Å². The van der Waals surface area contributed by atoms with E-state index >= 15 is 0 Å². The standard InChI is InChI=1S/C15H13Cl3N2O2/c1-21-11-4-3-9(14(7-11)22-2)8-19-20-15-12(17)5-10(16)6-13(15)18/h3-8,20H,1-2H3/b19-8-. The van der Waals surface area contributed by atoms with Gasteiger partial charge in [0.15, 0.2) is 0 Å². The Balaban J connectivity index is 2.20. The third-order valence-corrected chi connectivity index (χ3v) is 3.64. The van der Waals surface area contributed by atoms with Crippen LogP contribution in [0.3, 0.4) is 0 Å². The number of hydrazone groups is 1. The van der Waals surface area contributed by atoms with Gasteiger partial charge >= 0.3 is 0 Å². The van der Waals surface area contributed by atoms with Crippen LogP contribution in [0, 0.1) is 0 Å². The first-order valence-corrected chi connectivity index (χ1v) is 7.34. The Labute approximate surface area is 143 Å². The van der Waals surface area contributed by atoms with Crippen LogP contribution in [-0.2, 0) is 0 Å². The molecule has 0 fully saturated rings. The molecule has 0 aliphatic carbocycles. The predicted molar refractivity (Wildman–Crippen MR) is 92.2 cm³/mol. The van der Waals surface area contributed by atoms with Crippen molar-refractivity contribution in [3.05, 3.63) is 51.0 Å². The van der Waals surface area contributed by atoms with Crippen molar-refractivity contribution in [1.82, 2.24) is 0 Å². The molecule has 2 aromatic carbocycles. The van der Waals surface area contributed by atoms with Gasteiger partial charge in [0.2, 0.25) is 0 Å². The lowest BCUT2D eigenvalue weighted by Gasteiger charge is -2.08. The van der Waals surface area contributed by atoms with Crippen molar-refractivity contribution in [2.75, 3.05) is 19.6 Å². The summed E-state index contributed by atoms with van der Waals surface area (Å²) in [7, 11) is 3.17. The normalized spacial score (nSPS) is 10.8. The topological polar surface area (TPSA) is 42.8 Å². The van der Waals surface area contributed by atoms with Crippen LogP contribution in [0.5, 0.6) is 11.5 Å². The number of methoxy groups -OCH3 is 2. The van der Waals surface area contributed by atoms with E-state index in [9.17, 15) is 0 Å². The van der Waals surface area contributed by atoms with Crippen LogP contribution in [0.2, 0.25) is 15.1 Å². The molecule has 4 nitrogen and oxygen atoms in total. The summed E-state index contributed by atoms with van der Waals surface area (Å²) in [6, 6.07) is 8.57. The summed E-state index contributed by atoms with van der Waals surface area (Å²) in [5.41, 5.74) is 4.05. The maximum Gasteiger partial charge on any atom is 0.131 e. The summed E-state index contributed by atoms with van der Waals surface area (Å²) < 4.78 is 10.4. The van der Waals surface area contributed by atoms with Crippen molar-refractivity contribution in [2.45, 2.75) is 0 Å². The van der Waals surface area contributed by atoms with Gasteiger partial charge in [-0.05, 0) is 24.3 Å². The molecule has 0 spiro atoms. The molecular weight excluding hydrogens is 347 g/mol. The second-order valence-electron chi connectivity index (χ2n) is 4.22. The van der Waals surface area contributed by atoms with E-state index in [0.717, 1.165) is 5.56 Å². The second-order valence-corrected chi connectivity index (χ2v) is 5.47. The van der Waals surface area contributed by atoms with E-state index in [1.807, 2.05) is 12.1 Å². The highest BCUT2D eigenvalue weighted by Gasteiger charge is 2.07. The van der Waals surface area contributed by atoms with Gasteiger partial charge in [0.05, 0.1) is 36.2 Å². The van der Waals surface area contributed by atoms with Gasteiger partial charge in [-0.25, -0.2) is 0 Å². The van der Waals surface area contributed by atoms with Crippen LogP contribution in [0.25, 0.3) is 0 Å². The first-order valence-electron chi connectivity index (χ1n) is 6.20. The zero-order chi connectivity index (χ0) is 16.1. The fourth-order valence-corrected chi connectivity index (χ4v) is 2.64. The smallest absolute Gasteiger partial charge is 0.131 e. The Morgan fingerprint density at radius 3 is 2.27 bits per heavy atom. The largest absolute Gasteiger partial charge is 0.497 e. The molecule has 0 amide bonds. The molecule has 1 N–H and O–H groups in total. The molecule has 116 valence electrons. The van der Waals surface area contributed by atoms with Gasteiger partial charge in [0.1, 0.15) is 11.5 Å². The molecule has 7 heteroatoms. The Hall–Kier alpha value is -1.62. The molecule has 0 bridgehead atoms. The molecule has 0 unspecified atom stereocenters.